The van der Waals surface area contributed by atoms with Gasteiger partial charge in [0.1, 0.15) is 5.25 Å². The molecular weight excluding hydrogens is 524 g/mol. The lowest BCUT2D eigenvalue weighted by atomic mass is 9.97. The van der Waals surface area contributed by atoms with E-state index in [4.69, 9.17) is 9.84 Å². The molecule has 9 heteroatoms. The van der Waals surface area contributed by atoms with Crippen molar-refractivity contribution in [1.82, 2.24) is 5.01 Å². The van der Waals surface area contributed by atoms with Crippen LogP contribution in [0.25, 0.3) is 0 Å². The molecule has 204 valence electrons. The molecule has 0 saturated heterocycles. The Hall–Kier alpha value is -4.24. The maximum atomic E-state index is 12.9. The SMILES string of the molecule is CCOC(=O)c1ccc(NC(=O)C[C@H]2SC(N3N=C(c4ccccc4)C[C@H]3c3ccc(CC)cc3)=NC2=O)cc1. The summed E-state index contributed by atoms with van der Waals surface area (Å²) in [7, 11) is 0. The first-order valence-electron chi connectivity index (χ1n) is 13.3. The lowest BCUT2D eigenvalue weighted by Gasteiger charge is -2.23. The number of carbonyl (C=O) groups is 3. The lowest BCUT2D eigenvalue weighted by molar-refractivity contribution is -0.121. The third-order valence-electron chi connectivity index (χ3n) is 6.77. The van der Waals surface area contributed by atoms with Gasteiger partial charge in [-0.1, -0.05) is 73.3 Å². The number of carbonyl (C=O) groups excluding carboxylic acids is 3. The minimum atomic E-state index is -0.645. The van der Waals surface area contributed by atoms with Gasteiger partial charge < -0.3 is 10.1 Å². The molecule has 0 aromatic heterocycles. The number of rotatable bonds is 8. The molecule has 1 N–H and O–H groups in total. The number of amides is 2. The van der Waals surface area contributed by atoms with Crippen LogP contribution in [0.15, 0.2) is 89.0 Å². The van der Waals surface area contributed by atoms with E-state index < -0.39 is 11.2 Å². The Balaban J connectivity index is 1.28. The second kappa shape index (κ2) is 12.3. The average molecular weight is 555 g/mol. The summed E-state index contributed by atoms with van der Waals surface area (Å²) < 4.78 is 4.99. The summed E-state index contributed by atoms with van der Waals surface area (Å²) in [4.78, 5) is 41.8. The standard InChI is InChI=1S/C31H30N4O4S/c1-3-20-10-12-22(13-11-20)26-18-25(21-8-6-5-7-9-21)34-35(26)31-33-29(37)27(40-31)19-28(36)32-24-16-14-23(15-17-24)30(38)39-4-2/h5-17,26-27H,3-4,18-19H2,1-2H3,(H,32,36)/t26-,27+/m0/s1. The fourth-order valence-electron chi connectivity index (χ4n) is 4.62. The van der Waals surface area contributed by atoms with Crippen LogP contribution in [0.1, 0.15) is 59.8 Å². The van der Waals surface area contributed by atoms with Gasteiger partial charge in [0.15, 0.2) is 5.17 Å². The Morgan fingerprint density at radius 3 is 2.40 bits per heavy atom. The summed E-state index contributed by atoms with van der Waals surface area (Å²) >= 11 is 1.27. The number of hydrogen-bond donors (Lipinski definition) is 1. The molecule has 2 amide bonds. The molecular formula is C31H30N4O4S. The van der Waals surface area contributed by atoms with Crippen molar-refractivity contribution in [2.24, 2.45) is 10.1 Å². The van der Waals surface area contributed by atoms with Crippen molar-refractivity contribution < 1.29 is 19.1 Å². The van der Waals surface area contributed by atoms with Crippen molar-refractivity contribution in [3.63, 3.8) is 0 Å². The number of thioether (sulfide) groups is 1. The molecule has 2 atom stereocenters. The fraction of sp³-hybridized carbons (Fsp3) is 0.258. The number of nitrogens with zero attached hydrogens (tertiary/aromatic N) is 3. The third-order valence-corrected chi connectivity index (χ3v) is 7.91. The van der Waals surface area contributed by atoms with Crippen molar-refractivity contribution in [3.8, 4) is 0 Å². The zero-order valence-electron chi connectivity index (χ0n) is 22.4. The molecule has 0 radical (unpaired) electrons. The fourth-order valence-corrected chi connectivity index (χ4v) is 5.68. The van der Waals surface area contributed by atoms with Crippen LogP contribution in [-0.2, 0) is 20.7 Å². The van der Waals surface area contributed by atoms with E-state index in [0.717, 1.165) is 23.3 Å². The first-order chi connectivity index (χ1) is 19.4. The smallest absolute Gasteiger partial charge is 0.338 e. The lowest BCUT2D eigenvalue weighted by Crippen LogP contribution is -2.25. The van der Waals surface area contributed by atoms with Crippen LogP contribution in [0.3, 0.4) is 0 Å². The molecule has 2 aliphatic heterocycles. The van der Waals surface area contributed by atoms with Crippen LogP contribution < -0.4 is 5.32 Å². The highest BCUT2D eigenvalue weighted by atomic mass is 32.2. The molecule has 5 rings (SSSR count). The van der Waals surface area contributed by atoms with Gasteiger partial charge in [0.25, 0.3) is 5.91 Å². The Morgan fingerprint density at radius 2 is 1.73 bits per heavy atom. The molecule has 0 bridgehead atoms. The number of ether oxygens (including phenoxy) is 1. The summed E-state index contributed by atoms with van der Waals surface area (Å²) in [5, 5.41) is 9.38. The van der Waals surface area contributed by atoms with Crippen LogP contribution in [0.4, 0.5) is 5.69 Å². The van der Waals surface area contributed by atoms with Crippen molar-refractivity contribution in [1.29, 1.82) is 0 Å². The largest absolute Gasteiger partial charge is 0.462 e. The second-order valence-electron chi connectivity index (χ2n) is 9.46. The van der Waals surface area contributed by atoms with Gasteiger partial charge in [-0.25, -0.2) is 9.80 Å². The van der Waals surface area contributed by atoms with E-state index in [-0.39, 0.29) is 30.9 Å². The Bertz CT molecular complexity index is 1450. The summed E-state index contributed by atoms with van der Waals surface area (Å²) in [6.07, 6.45) is 1.60. The van der Waals surface area contributed by atoms with Gasteiger partial charge in [0.2, 0.25) is 5.91 Å². The highest BCUT2D eigenvalue weighted by Crippen LogP contribution is 2.38. The quantitative estimate of drug-likeness (QED) is 0.364. The zero-order valence-corrected chi connectivity index (χ0v) is 23.2. The van der Waals surface area contributed by atoms with Crippen molar-refractivity contribution in [2.75, 3.05) is 11.9 Å². The maximum Gasteiger partial charge on any atom is 0.338 e. The molecule has 0 fully saturated rings. The van der Waals surface area contributed by atoms with E-state index in [1.807, 2.05) is 35.3 Å². The predicted octanol–water partition coefficient (Wildman–Crippen LogP) is 5.60. The number of esters is 1. The van der Waals surface area contributed by atoms with Crippen LogP contribution in [0, 0.1) is 0 Å². The molecule has 2 heterocycles. The summed E-state index contributed by atoms with van der Waals surface area (Å²) in [6.45, 7) is 4.15. The van der Waals surface area contributed by atoms with E-state index in [0.29, 0.717) is 22.8 Å². The number of hydrogen-bond acceptors (Lipinski definition) is 7. The van der Waals surface area contributed by atoms with Gasteiger partial charge in [0, 0.05) is 18.5 Å². The highest BCUT2D eigenvalue weighted by molar-refractivity contribution is 8.15. The normalized spacial score (nSPS) is 18.4. The Morgan fingerprint density at radius 1 is 1.00 bits per heavy atom. The Labute approximate surface area is 237 Å². The van der Waals surface area contributed by atoms with Crippen LogP contribution in [-0.4, -0.2) is 45.5 Å². The zero-order chi connectivity index (χ0) is 28.1. The molecule has 0 saturated carbocycles. The van der Waals surface area contributed by atoms with Gasteiger partial charge in [-0.05, 0) is 54.3 Å². The number of hydrazone groups is 1. The van der Waals surface area contributed by atoms with Gasteiger partial charge in [0.05, 0.1) is 23.9 Å². The summed E-state index contributed by atoms with van der Waals surface area (Å²) in [5.41, 5.74) is 5.23. The number of benzene rings is 3. The van der Waals surface area contributed by atoms with Crippen LogP contribution in [0.2, 0.25) is 0 Å². The maximum absolute atomic E-state index is 12.9. The van der Waals surface area contributed by atoms with E-state index >= 15 is 0 Å². The average Bonchev–Trinajstić information content (AvgIpc) is 3.58. The monoisotopic (exact) mass is 554 g/mol. The second-order valence-corrected chi connectivity index (χ2v) is 10.6. The molecule has 0 spiro atoms. The van der Waals surface area contributed by atoms with E-state index in [2.05, 4.69) is 41.5 Å². The number of nitrogens with one attached hydrogen (secondary N) is 1. The molecule has 3 aromatic rings. The van der Waals surface area contributed by atoms with Gasteiger partial charge in [-0.2, -0.15) is 10.1 Å². The molecule has 8 nitrogen and oxygen atoms in total. The van der Waals surface area contributed by atoms with Gasteiger partial charge in [-0.15, -0.1) is 0 Å². The number of amidine groups is 1. The van der Waals surface area contributed by atoms with Gasteiger partial charge >= 0.3 is 5.97 Å². The van der Waals surface area contributed by atoms with Crippen molar-refractivity contribution >= 4 is 46.1 Å². The number of aryl methyl sites for hydroxylation is 1. The topological polar surface area (TPSA) is 100 Å². The third kappa shape index (κ3) is 6.15. The van der Waals surface area contributed by atoms with E-state index in [1.165, 1.54) is 17.3 Å². The van der Waals surface area contributed by atoms with Crippen molar-refractivity contribution in [3.05, 3.63) is 101 Å². The van der Waals surface area contributed by atoms with Crippen molar-refractivity contribution in [2.45, 2.75) is 44.4 Å². The molecule has 40 heavy (non-hydrogen) atoms. The first-order valence-corrected chi connectivity index (χ1v) is 14.2. The summed E-state index contributed by atoms with van der Waals surface area (Å²) in [5.74, 6) is -1.08. The van der Waals surface area contributed by atoms with Crippen LogP contribution >= 0.6 is 11.8 Å². The molecule has 3 aromatic carbocycles. The minimum Gasteiger partial charge on any atom is -0.462 e. The van der Waals surface area contributed by atoms with Gasteiger partial charge in [-0.3, -0.25) is 9.59 Å². The van der Waals surface area contributed by atoms with E-state index in [1.54, 1.807) is 31.2 Å². The first kappa shape index (κ1) is 27.3. The number of anilines is 1. The van der Waals surface area contributed by atoms with E-state index in [9.17, 15) is 14.4 Å². The predicted molar refractivity (Wildman–Crippen MR) is 157 cm³/mol. The molecule has 0 aliphatic carbocycles. The molecule has 0 unspecified atom stereocenters. The highest BCUT2D eigenvalue weighted by Gasteiger charge is 2.39. The Kier molecular flexibility index (Phi) is 8.40. The summed E-state index contributed by atoms with van der Waals surface area (Å²) in [6, 6.07) is 24.8. The molecule has 2 aliphatic rings. The van der Waals surface area contributed by atoms with Crippen LogP contribution in [0.5, 0.6) is 0 Å². The number of aliphatic imine (C=N–C) groups is 1. The minimum absolute atomic E-state index is 0.0327.